The van der Waals surface area contributed by atoms with Crippen LogP contribution < -0.4 is 5.73 Å². The van der Waals surface area contributed by atoms with Crippen LogP contribution in [-0.2, 0) is 4.79 Å². The van der Waals surface area contributed by atoms with Crippen molar-refractivity contribution in [2.75, 3.05) is 0 Å². The zero-order valence-corrected chi connectivity index (χ0v) is 6.25. The van der Waals surface area contributed by atoms with E-state index in [9.17, 15) is 4.39 Å². The largest absolute Gasteiger partial charge is 0.372 e. The van der Waals surface area contributed by atoms with Crippen molar-refractivity contribution >= 4 is 6.41 Å². The third kappa shape index (κ3) is 5.08. The van der Waals surface area contributed by atoms with E-state index >= 15 is 0 Å². The first-order valence-corrected chi connectivity index (χ1v) is 3.08. The lowest BCUT2D eigenvalue weighted by molar-refractivity contribution is -0.106. The number of hydrogen-bond acceptors (Lipinski definition) is 1. The fraction of sp³-hybridized carbons (Fsp3) is 0.125. The first-order valence-electron chi connectivity index (χ1n) is 3.08. The Bertz CT molecular complexity index is 208. The van der Waals surface area contributed by atoms with Crippen LogP contribution in [0.15, 0.2) is 24.3 Å². The van der Waals surface area contributed by atoms with Crippen LogP contribution >= 0.6 is 0 Å². The molecule has 3 heteroatoms. The van der Waals surface area contributed by atoms with Crippen LogP contribution in [0.2, 0.25) is 0 Å². The summed E-state index contributed by atoms with van der Waals surface area (Å²) in [6.45, 7) is 1.86. The number of hydrogen-bond donors (Lipinski definition) is 1. The molecule has 1 amide bonds. The standard InChI is InChI=1S/C7H7F.CH3NO/c1-6-3-2-4-7(8)5-6;2-1-3/h2-5H,1H3;1H,(H2,2,3). The van der Waals surface area contributed by atoms with E-state index in [1.165, 1.54) is 12.1 Å². The highest BCUT2D eigenvalue weighted by Gasteiger charge is 1.84. The summed E-state index contributed by atoms with van der Waals surface area (Å²) in [5, 5.41) is 0. The topological polar surface area (TPSA) is 43.1 Å². The number of aryl methyl sites for hydroxylation is 1. The number of benzene rings is 1. The Morgan fingerprint density at radius 3 is 2.36 bits per heavy atom. The van der Waals surface area contributed by atoms with Crippen LogP contribution in [0.4, 0.5) is 4.39 Å². The third-order valence-electron chi connectivity index (χ3n) is 0.980. The fourth-order valence-electron chi connectivity index (χ4n) is 0.606. The second-order valence-corrected chi connectivity index (χ2v) is 1.94. The van der Waals surface area contributed by atoms with Gasteiger partial charge in [0.05, 0.1) is 0 Å². The third-order valence-corrected chi connectivity index (χ3v) is 0.980. The smallest absolute Gasteiger partial charge is 0.204 e. The molecule has 0 fully saturated rings. The minimum Gasteiger partial charge on any atom is -0.372 e. The molecule has 0 bridgehead atoms. The Balaban J connectivity index is 0.000000292. The lowest BCUT2D eigenvalue weighted by Crippen LogP contribution is -1.82. The summed E-state index contributed by atoms with van der Waals surface area (Å²) in [4.78, 5) is 8.58. The summed E-state index contributed by atoms with van der Waals surface area (Å²) in [6.07, 6.45) is 0.250. The maximum absolute atomic E-state index is 12.2. The summed E-state index contributed by atoms with van der Waals surface area (Å²) in [7, 11) is 0. The number of carbonyl (C=O) groups excluding carboxylic acids is 1. The Labute approximate surface area is 64.8 Å². The van der Waals surface area contributed by atoms with Gasteiger partial charge in [0.15, 0.2) is 0 Å². The van der Waals surface area contributed by atoms with Crippen molar-refractivity contribution in [3.8, 4) is 0 Å². The van der Waals surface area contributed by atoms with Crippen LogP contribution in [0.1, 0.15) is 5.56 Å². The molecule has 0 heterocycles. The van der Waals surface area contributed by atoms with Gasteiger partial charge in [0.1, 0.15) is 5.82 Å². The molecule has 1 aromatic carbocycles. The minimum atomic E-state index is -0.162. The van der Waals surface area contributed by atoms with E-state index in [0.717, 1.165) is 5.56 Å². The minimum absolute atomic E-state index is 0.162. The van der Waals surface area contributed by atoms with Gasteiger partial charge in [-0.2, -0.15) is 0 Å². The lowest BCUT2D eigenvalue weighted by atomic mass is 10.2. The number of nitrogens with two attached hydrogens (primary N) is 1. The maximum Gasteiger partial charge on any atom is 0.204 e. The van der Waals surface area contributed by atoms with Gasteiger partial charge < -0.3 is 5.73 Å². The van der Waals surface area contributed by atoms with Gasteiger partial charge in [0.2, 0.25) is 6.41 Å². The number of halogens is 1. The van der Waals surface area contributed by atoms with Gasteiger partial charge >= 0.3 is 0 Å². The van der Waals surface area contributed by atoms with Gasteiger partial charge in [-0.15, -0.1) is 0 Å². The van der Waals surface area contributed by atoms with Crippen LogP contribution in [0, 0.1) is 12.7 Å². The van der Waals surface area contributed by atoms with E-state index in [2.05, 4.69) is 5.73 Å². The van der Waals surface area contributed by atoms with Crippen molar-refractivity contribution in [3.63, 3.8) is 0 Å². The summed E-state index contributed by atoms with van der Waals surface area (Å²) < 4.78 is 12.2. The van der Waals surface area contributed by atoms with Crippen molar-refractivity contribution in [3.05, 3.63) is 35.6 Å². The predicted molar refractivity (Wildman–Crippen MR) is 41.4 cm³/mol. The molecule has 60 valence electrons. The summed E-state index contributed by atoms with van der Waals surface area (Å²) >= 11 is 0. The van der Waals surface area contributed by atoms with E-state index in [4.69, 9.17) is 4.79 Å². The molecule has 0 spiro atoms. The zero-order valence-electron chi connectivity index (χ0n) is 6.25. The predicted octanol–water partition coefficient (Wildman–Crippen LogP) is 1.24. The van der Waals surface area contributed by atoms with Crippen LogP contribution in [0.25, 0.3) is 0 Å². The first-order chi connectivity index (χ1) is 5.20. The average molecular weight is 155 g/mol. The van der Waals surface area contributed by atoms with Gasteiger partial charge in [-0.25, -0.2) is 4.39 Å². The molecule has 0 atom stereocenters. The van der Waals surface area contributed by atoms with E-state index in [-0.39, 0.29) is 12.2 Å². The monoisotopic (exact) mass is 155 g/mol. The van der Waals surface area contributed by atoms with E-state index in [1.807, 2.05) is 13.0 Å². The fourth-order valence-corrected chi connectivity index (χ4v) is 0.606. The highest BCUT2D eigenvalue weighted by molar-refractivity contribution is 5.42. The molecule has 11 heavy (non-hydrogen) atoms. The van der Waals surface area contributed by atoms with E-state index in [1.54, 1.807) is 6.07 Å². The Kier molecular flexibility index (Phi) is 4.73. The summed E-state index contributed by atoms with van der Waals surface area (Å²) in [5.74, 6) is -0.162. The molecule has 0 aliphatic heterocycles. The van der Waals surface area contributed by atoms with Crippen molar-refractivity contribution < 1.29 is 9.18 Å². The quantitative estimate of drug-likeness (QED) is 0.563. The molecule has 0 saturated heterocycles. The first kappa shape index (κ1) is 9.62. The highest BCUT2D eigenvalue weighted by atomic mass is 19.1. The summed E-state index contributed by atoms with van der Waals surface area (Å²) in [5.41, 5.74) is 5.13. The van der Waals surface area contributed by atoms with Crippen LogP contribution in [0.3, 0.4) is 0 Å². The number of primary amides is 1. The van der Waals surface area contributed by atoms with Gasteiger partial charge in [-0.05, 0) is 24.6 Å². The highest BCUT2D eigenvalue weighted by Crippen LogP contribution is 1.99. The molecule has 1 rings (SSSR count). The second kappa shape index (κ2) is 5.41. The normalized spacial score (nSPS) is 7.82. The maximum atomic E-state index is 12.2. The number of rotatable bonds is 0. The SMILES string of the molecule is Cc1cccc(F)c1.NC=O. The molecule has 1 aromatic rings. The van der Waals surface area contributed by atoms with Gasteiger partial charge in [-0.3, -0.25) is 4.79 Å². The molecule has 0 aromatic heterocycles. The molecular weight excluding hydrogens is 145 g/mol. The Morgan fingerprint density at radius 2 is 2.09 bits per heavy atom. The number of carbonyl (C=O) groups is 1. The van der Waals surface area contributed by atoms with Crippen molar-refractivity contribution in [1.82, 2.24) is 0 Å². The Morgan fingerprint density at radius 1 is 1.55 bits per heavy atom. The van der Waals surface area contributed by atoms with E-state index < -0.39 is 0 Å². The molecule has 0 aliphatic rings. The van der Waals surface area contributed by atoms with Crippen LogP contribution in [0.5, 0.6) is 0 Å². The molecular formula is C8H10FNO. The number of amides is 1. The molecule has 0 radical (unpaired) electrons. The van der Waals surface area contributed by atoms with Crippen LogP contribution in [-0.4, -0.2) is 6.41 Å². The average Bonchev–Trinajstić information content (AvgIpc) is 1.88. The van der Waals surface area contributed by atoms with Crippen molar-refractivity contribution in [2.45, 2.75) is 6.92 Å². The zero-order chi connectivity index (χ0) is 8.69. The molecule has 0 unspecified atom stereocenters. The van der Waals surface area contributed by atoms with Gasteiger partial charge in [0.25, 0.3) is 0 Å². The van der Waals surface area contributed by atoms with Crippen molar-refractivity contribution in [1.29, 1.82) is 0 Å². The van der Waals surface area contributed by atoms with Crippen molar-refractivity contribution in [2.24, 2.45) is 5.73 Å². The molecule has 0 saturated carbocycles. The lowest BCUT2D eigenvalue weighted by Gasteiger charge is -1.87. The summed E-state index contributed by atoms with van der Waals surface area (Å²) in [6, 6.07) is 6.50. The molecule has 2 nitrogen and oxygen atoms in total. The second-order valence-electron chi connectivity index (χ2n) is 1.94. The molecule has 2 N–H and O–H groups in total. The van der Waals surface area contributed by atoms with Gasteiger partial charge in [0, 0.05) is 0 Å². The van der Waals surface area contributed by atoms with Gasteiger partial charge in [-0.1, -0.05) is 12.1 Å². The Hall–Kier alpha value is -1.38. The molecule has 0 aliphatic carbocycles. The van der Waals surface area contributed by atoms with E-state index in [0.29, 0.717) is 0 Å².